The number of esters is 1. The first-order valence-corrected chi connectivity index (χ1v) is 14.9. The Morgan fingerprint density at radius 3 is 2.48 bits per heavy atom. The van der Waals surface area contributed by atoms with Crippen molar-refractivity contribution >= 4 is 35.0 Å². The molecule has 1 atom stereocenters. The van der Waals surface area contributed by atoms with E-state index in [1.165, 1.54) is 11.3 Å². The van der Waals surface area contributed by atoms with E-state index in [4.69, 9.17) is 25.8 Å². The number of carbonyl (C=O) groups is 1. The third-order valence-corrected chi connectivity index (χ3v) is 8.17. The van der Waals surface area contributed by atoms with Crippen molar-refractivity contribution in [2.45, 2.75) is 40.3 Å². The number of aromatic nitrogens is 1. The van der Waals surface area contributed by atoms with Gasteiger partial charge in [0, 0.05) is 10.6 Å². The number of hydrogen-bond donors (Lipinski definition) is 0. The molecule has 0 amide bonds. The summed E-state index contributed by atoms with van der Waals surface area (Å²) in [4.78, 5) is 32.2. The lowest BCUT2D eigenvalue weighted by atomic mass is 9.95. The largest absolute Gasteiger partial charge is 0.490 e. The van der Waals surface area contributed by atoms with Gasteiger partial charge in [-0.25, -0.2) is 9.79 Å². The van der Waals surface area contributed by atoms with E-state index in [1.54, 1.807) is 24.5 Å². The van der Waals surface area contributed by atoms with E-state index in [9.17, 15) is 9.59 Å². The second kappa shape index (κ2) is 12.8. The molecule has 1 aliphatic heterocycles. The molecule has 2 heterocycles. The molecular weight excluding hydrogens is 572 g/mol. The van der Waals surface area contributed by atoms with Crippen molar-refractivity contribution in [2.75, 3.05) is 13.2 Å². The Labute approximate surface area is 253 Å². The van der Waals surface area contributed by atoms with Crippen LogP contribution in [0.2, 0.25) is 5.02 Å². The van der Waals surface area contributed by atoms with Crippen LogP contribution in [-0.2, 0) is 16.1 Å². The highest BCUT2D eigenvalue weighted by Gasteiger charge is 2.33. The predicted octanol–water partition coefficient (Wildman–Crippen LogP) is 5.74. The normalized spacial score (nSPS) is 14.8. The fourth-order valence-corrected chi connectivity index (χ4v) is 6.02. The molecule has 7 nitrogen and oxygen atoms in total. The van der Waals surface area contributed by atoms with Gasteiger partial charge in [0.05, 0.1) is 35.1 Å². The summed E-state index contributed by atoms with van der Waals surface area (Å²) in [7, 11) is 0. The van der Waals surface area contributed by atoms with Crippen molar-refractivity contribution < 1.29 is 19.0 Å². The summed E-state index contributed by atoms with van der Waals surface area (Å²) in [5.74, 6) is 0.654. The molecule has 216 valence electrons. The minimum absolute atomic E-state index is 0.223. The average molecular weight is 603 g/mol. The number of rotatable bonds is 9. The summed E-state index contributed by atoms with van der Waals surface area (Å²) in [6.07, 6.45) is 1.81. The van der Waals surface area contributed by atoms with Crippen LogP contribution in [0.25, 0.3) is 6.08 Å². The Balaban J connectivity index is 1.55. The molecule has 0 saturated carbocycles. The van der Waals surface area contributed by atoms with E-state index < -0.39 is 12.0 Å². The van der Waals surface area contributed by atoms with Gasteiger partial charge in [-0.05, 0) is 63.1 Å². The molecule has 0 unspecified atom stereocenters. The van der Waals surface area contributed by atoms with Crippen molar-refractivity contribution in [1.29, 1.82) is 0 Å². The summed E-state index contributed by atoms with van der Waals surface area (Å²) in [6, 6.07) is 20.2. The molecule has 42 heavy (non-hydrogen) atoms. The monoisotopic (exact) mass is 602 g/mol. The first-order chi connectivity index (χ1) is 20.3. The topological polar surface area (TPSA) is 79.1 Å². The summed E-state index contributed by atoms with van der Waals surface area (Å²) < 4.78 is 19.4. The number of benzene rings is 3. The van der Waals surface area contributed by atoms with E-state index >= 15 is 0 Å². The number of carbonyl (C=O) groups excluding carboxylic acids is 1. The highest BCUT2D eigenvalue weighted by Crippen LogP contribution is 2.32. The van der Waals surface area contributed by atoms with E-state index in [2.05, 4.69) is 4.99 Å². The van der Waals surface area contributed by atoms with Crippen LogP contribution < -0.4 is 24.4 Å². The Hall–Kier alpha value is -4.14. The van der Waals surface area contributed by atoms with Crippen LogP contribution in [0.15, 0.2) is 87.8 Å². The number of nitrogens with zero attached hydrogens (tertiary/aromatic N) is 2. The minimum atomic E-state index is -0.650. The molecule has 1 aromatic heterocycles. The number of thiazole rings is 1. The predicted molar refractivity (Wildman–Crippen MR) is 165 cm³/mol. The first kappa shape index (κ1) is 29.4. The molecule has 3 aromatic carbocycles. The fourth-order valence-electron chi connectivity index (χ4n) is 4.78. The van der Waals surface area contributed by atoms with Crippen LogP contribution in [0.1, 0.15) is 49.1 Å². The Bertz CT molecular complexity index is 1840. The smallest absolute Gasteiger partial charge is 0.338 e. The number of ether oxygens (including phenoxy) is 3. The van der Waals surface area contributed by atoms with Crippen LogP contribution in [0.5, 0.6) is 11.5 Å². The molecule has 0 fully saturated rings. The summed E-state index contributed by atoms with van der Waals surface area (Å²) in [5, 5.41) is 0.632. The minimum Gasteiger partial charge on any atom is -0.490 e. The third kappa shape index (κ3) is 6.05. The Kier molecular flexibility index (Phi) is 8.94. The zero-order valence-corrected chi connectivity index (χ0v) is 25.4. The number of fused-ring (bicyclic) bond motifs is 1. The lowest BCUT2D eigenvalue weighted by molar-refractivity contribution is -0.139. The van der Waals surface area contributed by atoms with Gasteiger partial charge in [0.2, 0.25) is 0 Å². The van der Waals surface area contributed by atoms with Crippen molar-refractivity contribution in [1.82, 2.24) is 4.57 Å². The van der Waals surface area contributed by atoms with Gasteiger partial charge in [-0.3, -0.25) is 9.36 Å². The lowest BCUT2D eigenvalue weighted by Gasteiger charge is -2.24. The van der Waals surface area contributed by atoms with Crippen molar-refractivity contribution in [3.05, 3.63) is 125 Å². The van der Waals surface area contributed by atoms with Crippen LogP contribution in [-0.4, -0.2) is 23.8 Å². The van der Waals surface area contributed by atoms with Crippen LogP contribution in [0.3, 0.4) is 0 Å². The van der Waals surface area contributed by atoms with Crippen molar-refractivity contribution in [3.8, 4) is 11.5 Å². The lowest BCUT2D eigenvalue weighted by Crippen LogP contribution is -2.39. The van der Waals surface area contributed by atoms with Gasteiger partial charge in [-0.1, -0.05) is 77.0 Å². The molecule has 1 aliphatic rings. The zero-order valence-electron chi connectivity index (χ0n) is 23.8. The van der Waals surface area contributed by atoms with Gasteiger partial charge in [0.15, 0.2) is 16.3 Å². The van der Waals surface area contributed by atoms with Gasteiger partial charge < -0.3 is 14.2 Å². The highest BCUT2D eigenvalue weighted by molar-refractivity contribution is 7.07. The first-order valence-electron chi connectivity index (χ1n) is 13.7. The molecule has 0 bridgehead atoms. The summed E-state index contributed by atoms with van der Waals surface area (Å²) in [6.45, 7) is 8.39. The van der Waals surface area contributed by atoms with E-state index in [0.717, 1.165) is 22.3 Å². The molecule has 5 rings (SSSR count). The number of hydrogen-bond acceptors (Lipinski definition) is 7. The van der Waals surface area contributed by atoms with Crippen LogP contribution in [0, 0.1) is 6.92 Å². The molecule has 9 heteroatoms. The quantitative estimate of drug-likeness (QED) is 0.228. The highest BCUT2D eigenvalue weighted by atomic mass is 35.5. The molecule has 0 saturated heterocycles. The molecule has 0 N–H and O–H groups in total. The summed E-state index contributed by atoms with van der Waals surface area (Å²) >= 11 is 7.57. The van der Waals surface area contributed by atoms with Gasteiger partial charge in [-0.15, -0.1) is 0 Å². The molecular formula is C33H31ClN2O5S. The second-order valence-electron chi connectivity index (χ2n) is 9.73. The number of allylic oxidation sites excluding steroid dienone is 1. The maximum absolute atomic E-state index is 13.9. The Morgan fingerprint density at radius 1 is 1.00 bits per heavy atom. The van der Waals surface area contributed by atoms with Gasteiger partial charge in [0.25, 0.3) is 5.56 Å². The number of halogens is 1. The van der Waals surface area contributed by atoms with Crippen molar-refractivity contribution in [2.24, 2.45) is 4.99 Å². The standard InChI is InChI=1S/C33H31ClN2O5S/c1-5-39-27-17-22(13-16-26(27)41-19-24-9-7-8-10-25(24)34)18-28-31(37)36-30(23-14-11-20(3)12-15-23)29(32(38)40-6-2)21(4)35-33(36)42-28/h7-18,30H,5-6,19H2,1-4H3/b28-18-/t30-/m1/s1. The van der Waals surface area contributed by atoms with Gasteiger partial charge in [-0.2, -0.15) is 0 Å². The second-order valence-corrected chi connectivity index (χ2v) is 11.1. The van der Waals surface area contributed by atoms with E-state index in [0.29, 0.717) is 50.3 Å². The number of aryl methyl sites for hydroxylation is 1. The third-order valence-electron chi connectivity index (χ3n) is 6.82. The van der Waals surface area contributed by atoms with E-state index in [1.807, 2.05) is 80.6 Å². The molecule has 0 spiro atoms. The van der Waals surface area contributed by atoms with E-state index in [-0.39, 0.29) is 12.2 Å². The van der Waals surface area contributed by atoms with Crippen LogP contribution in [0.4, 0.5) is 0 Å². The fraction of sp³-hybridized carbons (Fsp3) is 0.242. The average Bonchev–Trinajstić information content (AvgIpc) is 3.27. The van der Waals surface area contributed by atoms with Gasteiger partial charge in [0.1, 0.15) is 6.61 Å². The summed E-state index contributed by atoms with van der Waals surface area (Å²) in [5.41, 5.74) is 4.17. The van der Waals surface area contributed by atoms with Crippen molar-refractivity contribution in [3.63, 3.8) is 0 Å². The maximum atomic E-state index is 13.9. The van der Waals surface area contributed by atoms with Gasteiger partial charge >= 0.3 is 5.97 Å². The SMILES string of the molecule is CCOC(=O)C1=C(C)N=c2s/c(=C\c3ccc(OCc4ccccc4Cl)c(OCC)c3)c(=O)n2[C@@H]1c1ccc(C)cc1. The maximum Gasteiger partial charge on any atom is 0.338 e. The molecule has 0 aliphatic carbocycles. The zero-order chi connectivity index (χ0) is 29.8. The molecule has 0 radical (unpaired) electrons. The molecule has 4 aromatic rings. The Morgan fingerprint density at radius 2 is 1.76 bits per heavy atom. The van der Waals surface area contributed by atoms with Crippen LogP contribution >= 0.6 is 22.9 Å².